The number of hydrogen-bond acceptors (Lipinski definition) is 8. The Hall–Kier alpha value is -3.86. The zero-order chi connectivity index (χ0) is 27.7. The van der Waals surface area contributed by atoms with Gasteiger partial charge in [-0.1, -0.05) is 32.0 Å². The lowest BCUT2D eigenvalue weighted by Gasteiger charge is -2.35. The molecule has 0 radical (unpaired) electrons. The summed E-state index contributed by atoms with van der Waals surface area (Å²) in [7, 11) is 2.09. The van der Waals surface area contributed by atoms with Crippen LogP contribution in [0.2, 0.25) is 0 Å². The first kappa shape index (κ1) is 26.7. The van der Waals surface area contributed by atoms with Crippen LogP contribution in [0.3, 0.4) is 0 Å². The van der Waals surface area contributed by atoms with Crippen LogP contribution in [0, 0.1) is 6.92 Å². The summed E-state index contributed by atoms with van der Waals surface area (Å²) in [6, 6.07) is 9.29. The average Bonchev–Trinajstić information content (AvgIpc) is 3.61. The maximum Gasteiger partial charge on any atom is 0.277 e. The van der Waals surface area contributed by atoms with Crippen LogP contribution in [0.25, 0.3) is 16.8 Å². The minimum atomic E-state index is -0.701. The molecule has 1 amide bonds. The van der Waals surface area contributed by atoms with E-state index in [1.807, 2.05) is 58.2 Å². The van der Waals surface area contributed by atoms with Crippen molar-refractivity contribution in [2.75, 3.05) is 38.5 Å². The zero-order valence-electron chi connectivity index (χ0n) is 23.0. The minimum absolute atomic E-state index is 0.231. The monoisotopic (exact) mass is 529 g/mol. The normalized spacial score (nSPS) is 15.8. The van der Waals surface area contributed by atoms with Crippen LogP contribution in [0.5, 0.6) is 0 Å². The fourth-order valence-corrected chi connectivity index (χ4v) is 4.50. The quantitative estimate of drug-likeness (QED) is 0.385. The van der Waals surface area contributed by atoms with Crippen LogP contribution < -0.4 is 5.32 Å². The molecule has 4 aromatic rings. The number of aliphatic hydroxyl groups excluding tert-OH is 1. The van der Waals surface area contributed by atoms with E-state index in [0.29, 0.717) is 11.4 Å². The number of anilines is 1. The second-order valence-electron chi connectivity index (χ2n) is 11.2. The molecule has 1 aromatic carbocycles. The number of amides is 1. The van der Waals surface area contributed by atoms with E-state index in [-0.39, 0.29) is 17.0 Å². The molecular formula is C29H35N7O3. The van der Waals surface area contributed by atoms with Gasteiger partial charge >= 0.3 is 0 Å². The molecule has 4 heterocycles. The highest BCUT2D eigenvalue weighted by atomic mass is 16.5. The lowest BCUT2D eigenvalue weighted by molar-refractivity contribution is -0.0234. The molecule has 1 aliphatic heterocycles. The third-order valence-electron chi connectivity index (χ3n) is 7.05. The van der Waals surface area contributed by atoms with Gasteiger partial charge in [-0.25, -0.2) is 4.68 Å². The number of aryl methyl sites for hydroxylation is 1. The van der Waals surface area contributed by atoms with Gasteiger partial charge in [0.05, 0.1) is 11.9 Å². The van der Waals surface area contributed by atoms with Crippen LogP contribution in [0.4, 0.5) is 5.69 Å². The van der Waals surface area contributed by atoms with Crippen LogP contribution >= 0.6 is 0 Å². The molecule has 0 saturated carbocycles. The van der Waals surface area contributed by atoms with Gasteiger partial charge in [-0.05, 0) is 37.7 Å². The summed E-state index contributed by atoms with van der Waals surface area (Å²) >= 11 is 0. The summed E-state index contributed by atoms with van der Waals surface area (Å²) in [5, 5.41) is 22.4. The number of likely N-dealkylation sites (N-methyl/N-ethyl adjacent to an activating group) is 1. The van der Waals surface area contributed by atoms with E-state index >= 15 is 0 Å². The van der Waals surface area contributed by atoms with Gasteiger partial charge < -0.3 is 19.8 Å². The van der Waals surface area contributed by atoms with E-state index in [2.05, 4.69) is 37.4 Å². The van der Waals surface area contributed by atoms with Crippen molar-refractivity contribution in [3.63, 3.8) is 0 Å². The SMILES string of the molecule is Cc1ccc(NC(=O)c2cc(C(C)(C)C)on2)cc1-n1cc(-c2cncc(C(O)N3CCN(C)CC3)c2)cn1. The van der Waals surface area contributed by atoms with E-state index in [9.17, 15) is 9.90 Å². The molecule has 10 nitrogen and oxygen atoms in total. The Morgan fingerprint density at radius 3 is 2.54 bits per heavy atom. The van der Waals surface area contributed by atoms with Gasteiger partial charge in [0.1, 0.15) is 12.0 Å². The summed E-state index contributed by atoms with van der Waals surface area (Å²) in [5.74, 6) is 0.308. The number of hydrogen-bond donors (Lipinski definition) is 2. The number of pyridine rings is 1. The molecule has 3 aromatic heterocycles. The first-order valence-corrected chi connectivity index (χ1v) is 13.1. The fourth-order valence-electron chi connectivity index (χ4n) is 4.50. The first-order chi connectivity index (χ1) is 18.6. The van der Waals surface area contributed by atoms with Crippen LogP contribution in [0.15, 0.2) is 59.6 Å². The van der Waals surface area contributed by atoms with Gasteiger partial charge in [0.2, 0.25) is 0 Å². The predicted octanol–water partition coefficient (Wildman–Crippen LogP) is 4.02. The van der Waals surface area contributed by atoms with Gasteiger partial charge in [-0.15, -0.1) is 0 Å². The number of carbonyl (C=O) groups excluding carboxylic acids is 1. The average molecular weight is 530 g/mol. The maximum absolute atomic E-state index is 12.8. The molecule has 204 valence electrons. The van der Waals surface area contributed by atoms with E-state index in [1.54, 1.807) is 29.3 Å². The molecule has 0 bridgehead atoms. The van der Waals surface area contributed by atoms with Crippen molar-refractivity contribution in [1.82, 2.24) is 29.7 Å². The van der Waals surface area contributed by atoms with Gasteiger partial charge in [-0.2, -0.15) is 5.10 Å². The molecule has 2 N–H and O–H groups in total. The van der Waals surface area contributed by atoms with Crippen molar-refractivity contribution in [3.05, 3.63) is 77.7 Å². The molecular weight excluding hydrogens is 494 g/mol. The second-order valence-corrected chi connectivity index (χ2v) is 11.2. The number of nitrogens with one attached hydrogen (secondary N) is 1. The summed E-state index contributed by atoms with van der Waals surface area (Å²) in [5.41, 5.74) is 4.95. The lowest BCUT2D eigenvalue weighted by Crippen LogP contribution is -2.45. The molecule has 1 atom stereocenters. The topological polar surface area (TPSA) is 113 Å². The van der Waals surface area contributed by atoms with Gasteiger partial charge in [0, 0.05) is 78.6 Å². The van der Waals surface area contributed by atoms with Crippen LogP contribution in [-0.4, -0.2) is 74.0 Å². The molecule has 1 fully saturated rings. The fraction of sp³-hybridized carbons (Fsp3) is 0.379. The van der Waals surface area contributed by atoms with E-state index in [0.717, 1.165) is 54.1 Å². The highest BCUT2D eigenvalue weighted by molar-refractivity contribution is 6.03. The zero-order valence-corrected chi connectivity index (χ0v) is 23.0. The van der Waals surface area contributed by atoms with Crippen molar-refractivity contribution < 1.29 is 14.4 Å². The Morgan fingerprint density at radius 2 is 1.82 bits per heavy atom. The van der Waals surface area contributed by atoms with Crippen LogP contribution in [0.1, 0.15) is 54.4 Å². The Labute approximate surface area is 228 Å². The predicted molar refractivity (Wildman–Crippen MR) is 149 cm³/mol. The number of piperazine rings is 1. The largest absolute Gasteiger partial charge is 0.374 e. The molecule has 5 rings (SSSR count). The molecule has 0 aliphatic carbocycles. The third-order valence-corrected chi connectivity index (χ3v) is 7.05. The van der Waals surface area contributed by atoms with Crippen molar-refractivity contribution >= 4 is 11.6 Å². The first-order valence-electron chi connectivity index (χ1n) is 13.1. The lowest BCUT2D eigenvalue weighted by atomic mass is 9.93. The Bertz CT molecular complexity index is 1460. The number of aromatic nitrogens is 4. The summed E-state index contributed by atoms with van der Waals surface area (Å²) in [6.45, 7) is 11.5. The highest BCUT2D eigenvalue weighted by Gasteiger charge is 2.24. The molecule has 10 heteroatoms. The number of aliphatic hydroxyl groups is 1. The van der Waals surface area contributed by atoms with E-state index in [4.69, 9.17) is 4.52 Å². The number of nitrogens with zero attached hydrogens (tertiary/aromatic N) is 6. The van der Waals surface area contributed by atoms with E-state index < -0.39 is 6.23 Å². The smallest absolute Gasteiger partial charge is 0.277 e. The number of benzene rings is 1. The molecule has 1 aliphatic rings. The number of rotatable bonds is 6. The van der Waals surface area contributed by atoms with Crippen molar-refractivity contribution in [3.8, 4) is 16.8 Å². The molecule has 1 saturated heterocycles. The highest BCUT2D eigenvalue weighted by Crippen LogP contribution is 2.27. The summed E-state index contributed by atoms with van der Waals surface area (Å²) < 4.78 is 7.13. The van der Waals surface area contributed by atoms with Crippen LogP contribution in [-0.2, 0) is 5.41 Å². The van der Waals surface area contributed by atoms with Gasteiger partial charge in [0.15, 0.2) is 5.69 Å². The Morgan fingerprint density at radius 1 is 1.05 bits per heavy atom. The van der Waals surface area contributed by atoms with Gasteiger partial charge in [0.25, 0.3) is 5.91 Å². The Kier molecular flexibility index (Phi) is 7.35. The van der Waals surface area contributed by atoms with Crippen molar-refractivity contribution in [2.24, 2.45) is 0 Å². The molecule has 1 unspecified atom stereocenters. The molecule has 39 heavy (non-hydrogen) atoms. The number of carbonyl (C=O) groups is 1. The minimum Gasteiger partial charge on any atom is -0.374 e. The second kappa shape index (κ2) is 10.7. The van der Waals surface area contributed by atoms with Crippen molar-refractivity contribution in [2.45, 2.75) is 39.3 Å². The Balaban J connectivity index is 1.33. The summed E-state index contributed by atoms with van der Waals surface area (Å²) in [6.07, 6.45) is 6.48. The summed E-state index contributed by atoms with van der Waals surface area (Å²) in [4.78, 5) is 21.5. The van der Waals surface area contributed by atoms with Crippen molar-refractivity contribution in [1.29, 1.82) is 0 Å². The standard InChI is InChI=1S/C29H35N7O3/c1-19-6-7-23(32-27(37)24-14-26(39-33-24)29(2,3)4)13-25(19)36-18-22(17-31-36)20-12-21(16-30-15-20)28(38)35-10-8-34(5)9-11-35/h6-7,12-18,28,38H,8-11H2,1-5H3,(H,32,37). The third kappa shape index (κ3) is 5.93. The molecule has 0 spiro atoms. The van der Waals surface area contributed by atoms with Gasteiger partial charge in [-0.3, -0.25) is 14.7 Å². The van der Waals surface area contributed by atoms with E-state index in [1.165, 1.54) is 0 Å². The maximum atomic E-state index is 12.8.